The summed E-state index contributed by atoms with van der Waals surface area (Å²) in [6, 6.07) is 13.1. The van der Waals surface area contributed by atoms with Crippen molar-refractivity contribution in [2.75, 3.05) is 14.2 Å². The Morgan fingerprint density at radius 2 is 1.83 bits per heavy atom. The van der Waals surface area contributed by atoms with E-state index in [1.807, 2.05) is 57.2 Å². The number of allylic oxidation sites excluding steroid dienone is 3. The summed E-state index contributed by atoms with van der Waals surface area (Å²) in [4.78, 5) is 27.1. The lowest BCUT2D eigenvalue weighted by molar-refractivity contribution is -0.144. The number of ether oxygens (including phenoxy) is 3. The van der Waals surface area contributed by atoms with Crippen LogP contribution in [-0.4, -0.2) is 32.1 Å². The molecular weight excluding hydrogens is 478 g/mol. The first-order valence-electron chi connectivity index (χ1n) is 12.2. The fourth-order valence-corrected chi connectivity index (χ4v) is 5.20. The highest BCUT2D eigenvalue weighted by Crippen LogP contribution is 2.46. The Morgan fingerprint density at radius 3 is 2.50 bits per heavy atom. The average Bonchev–Trinajstić information content (AvgIpc) is 2.86. The number of carbonyl (C=O) groups is 2. The first-order chi connectivity index (χ1) is 17.3. The number of ketones is 1. The summed E-state index contributed by atoms with van der Waals surface area (Å²) in [6.07, 6.45) is 1.41. The summed E-state index contributed by atoms with van der Waals surface area (Å²) in [5, 5.41) is 3.93. The number of Topliss-reactive ketones (excluding diaryl/α,β-unsaturated/α-hetero) is 1. The molecule has 0 amide bonds. The van der Waals surface area contributed by atoms with Crippen molar-refractivity contribution in [2.45, 2.75) is 58.0 Å². The summed E-state index contributed by atoms with van der Waals surface area (Å²) in [6.45, 7) is 5.69. The molecule has 1 N–H and O–H groups in total. The lowest BCUT2D eigenvalue weighted by Crippen LogP contribution is -2.36. The minimum absolute atomic E-state index is 0.00477. The van der Waals surface area contributed by atoms with Crippen LogP contribution in [0.5, 0.6) is 11.5 Å². The first-order valence-corrected chi connectivity index (χ1v) is 12.6. The van der Waals surface area contributed by atoms with Crippen LogP contribution in [-0.2, 0) is 14.3 Å². The van der Waals surface area contributed by atoms with Crippen molar-refractivity contribution in [3.63, 3.8) is 0 Å². The van der Waals surface area contributed by atoms with E-state index in [1.54, 1.807) is 20.3 Å². The van der Waals surface area contributed by atoms with Gasteiger partial charge >= 0.3 is 5.97 Å². The number of hydrogen-bond donors (Lipinski definition) is 1. The normalized spacial score (nSPS) is 20.4. The fourth-order valence-electron chi connectivity index (χ4n) is 5.00. The summed E-state index contributed by atoms with van der Waals surface area (Å²) < 4.78 is 16.6. The lowest BCUT2D eigenvalue weighted by atomic mass is 9.71. The van der Waals surface area contributed by atoms with Gasteiger partial charge in [-0.15, -0.1) is 0 Å². The molecule has 2 aliphatic rings. The zero-order valence-electron chi connectivity index (χ0n) is 21.3. The van der Waals surface area contributed by atoms with Crippen molar-refractivity contribution in [1.29, 1.82) is 0 Å². The highest BCUT2D eigenvalue weighted by molar-refractivity contribution is 6.30. The van der Waals surface area contributed by atoms with Gasteiger partial charge in [0.05, 0.1) is 25.9 Å². The van der Waals surface area contributed by atoms with Gasteiger partial charge in [0.15, 0.2) is 17.3 Å². The van der Waals surface area contributed by atoms with Gasteiger partial charge in [-0.25, -0.2) is 4.79 Å². The number of methoxy groups -OCH3 is 2. The van der Waals surface area contributed by atoms with Crippen LogP contribution < -0.4 is 14.8 Å². The van der Waals surface area contributed by atoms with Crippen LogP contribution in [0.1, 0.15) is 63.0 Å². The van der Waals surface area contributed by atoms with Crippen LogP contribution in [0.3, 0.4) is 0 Å². The Kier molecular flexibility index (Phi) is 7.74. The van der Waals surface area contributed by atoms with E-state index in [1.165, 1.54) is 0 Å². The van der Waals surface area contributed by atoms with Crippen molar-refractivity contribution in [1.82, 2.24) is 5.32 Å². The number of benzene rings is 2. The van der Waals surface area contributed by atoms with Gasteiger partial charge in [-0.1, -0.05) is 36.7 Å². The number of dihydropyridines is 1. The maximum atomic E-state index is 13.8. The van der Waals surface area contributed by atoms with Crippen molar-refractivity contribution >= 4 is 23.4 Å². The smallest absolute Gasteiger partial charge is 0.337 e. The Balaban J connectivity index is 1.76. The van der Waals surface area contributed by atoms with E-state index >= 15 is 0 Å². The molecule has 0 unspecified atom stereocenters. The van der Waals surface area contributed by atoms with E-state index in [2.05, 4.69) is 5.32 Å². The summed E-state index contributed by atoms with van der Waals surface area (Å²) in [5.41, 5.74) is 4.37. The van der Waals surface area contributed by atoms with E-state index in [0.29, 0.717) is 52.6 Å². The van der Waals surface area contributed by atoms with E-state index in [9.17, 15) is 9.59 Å². The van der Waals surface area contributed by atoms with Crippen LogP contribution in [0.15, 0.2) is 65.0 Å². The van der Waals surface area contributed by atoms with Gasteiger partial charge in [-0.05, 0) is 68.0 Å². The van der Waals surface area contributed by atoms with Gasteiger partial charge in [0.25, 0.3) is 0 Å². The Bertz CT molecular complexity index is 1250. The molecule has 36 heavy (non-hydrogen) atoms. The van der Waals surface area contributed by atoms with Crippen LogP contribution in [0, 0.1) is 0 Å². The molecule has 6 nitrogen and oxygen atoms in total. The third-order valence-electron chi connectivity index (χ3n) is 6.99. The lowest BCUT2D eigenvalue weighted by Gasteiger charge is -2.37. The van der Waals surface area contributed by atoms with E-state index in [4.69, 9.17) is 25.8 Å². The van der Waals surface area contributed by atoms with Crippen LogP contribution in [0.2, 0.25) is 5.02 Å². The molecule has 7 heteroatoms. The summed E-state index contributed by atoms with van der Waals surface area (Å²) >= 11 is 6.33. The van der Waals surface area contributed by atoms with Crippen molar-refractivity contribution in [2.24, 2.45) is 0 Å². The van der Waals surface area contributed by atoms with E-state index in [0.717, 1.165) is 16.8 Å². The van der Waals surface area contributed by atoms with Gasteiger partial charge in [-0.2, -0.15) is 0 Å². The molecule has 0 saturated heterocycles. The number of esters is 1. The predicted octanol–water partition coefficient (Wildman–Crippen LogP) is 6.06. The number of nitrogens with one attached hydrogen (secondary N) is 1. The minimum atomic E-state index is -0.546. The highest BCUT2D eigenvalue weighted by atomic mass is 35.5. The van der Waals surface area contributed by atoms with Gasteiger partial charge in [0.2, 0.25) is 0 Å². The second kappa shape index (κ2) is 10.8. The number of halogens is 1. The van der Waals surface area contributed by atoms with Gasteiger partial charge < -0.3 is 19.5 Å². The second-order valence-electron chi connectivity index (χ2n) is 9.31. The fraction of sp³-hybridized carbons (Fsp3) is 0.379. The molecule has 4 rings (SSSR count). The molecule has 0 saturated carbocycles. The van der Waals surface area contributed by atoms with Crippen LogP contribution in [0.25, 0.3) is 0 Å². The highest BCUT2D eigenvalue weighted by Gasteiger charge is 2.41. The zero-order chi connectivity index (χ0) is 26.0. The molecule has 0 radical (unpaired) electrons. The van der Waals surface area contributed by atoms with E-state index in [-0.39, 0.29) is 17.8 Å². The van der Waals surface area contributed by atoms with Crippen molar-refractivity contribution in [3.8, 4) is 11.5 Å². The molecule has 1 aliphatic heterocycles. The molecule has 0 fully saturated rings. The third kappa shape index (κ3) is 5.00. The van der Waals surface area contributed by atoms with Gasteiger partial charge in [0.1, 0.15) is 0 Å². The van der Waals surface area contributed by atoms with Crippen molar-refractivity contribution in [3.05, 3.63) is 81.2 Å². The van der Waals surface area contributed by atoms with Crippen molar-refractivity contribution < 1.29 is 23.8 Å². The summed E-state index contributed by atoms with van der Waals surface area (Å²) in [7, 11) is 3.19. The van der Waals surface area contributed by atoms with Gasteiger partial charge in [-0.3, -0.25) is 4.79 Å². The molecule has 0 spiro atoms. The monoisotopic (exact) mass is 509 g/mol. The Hall–Kier alpha value is -3.25. The second-order valence-corrected chi connectivity index (χ2v) is 9.75. The molecule has 2 aromatic rings. The Labute approximate surface area is 217 Å². The number of carbonyl (C=O) groups excluding carboxylic acids is 2. The van der Waals surface area contributed by atoms with Crippen LogP contribution in [0.4, 0.5) is 0 Å². The largest absolute Gasteiger partial charge is 0.493 e. The Morgan fingerprint density at radius 1 is 1.08 bits per heavy atom. The quantitative estimate of drug-likeness (QED) is 0.457. The molecule has 0 aromatic heterocycles. The molecule has 1 aliphatic carbocycles. The SMILES string of the molecule is CC[C@H](C)OC(=O)C1=C(C)NC2=C(C(=O)C[C@H](c3ccc(OC)c(OC)c3)C2)[C@H]1c1cccc(Cl)c1. The third-order valence-corrected chi connectivity index (χ3v) is 7.23. The number of rotatable bonds is 7. The maximum absolute atomic E-state index is 13.8. The first kappa shape index (κ1) is 25.8. The van der Waals surface area contributed by atoms with E-state index < -0.39 is 11.9 Å². The number of hydrogen-bond acceptors (Lipinski definition) is 6. The molecule has 3 atom stereocenters. The summed E-state index contributed by atoms with van der Waals surface area (Å²) in [5.74, 6) is 0.265. The minimum Gasteiger partial charge on any atom is -0.493 e. The molecule has 2 aromatic carbocycles. The maximum Gasteiger partial charge on any atom is 0.337 e. The zero-order valence-corrected chi connectivity index (χ0v) is 22.1. The van der Waals surface area contributed by atoms with Gasteiger partial charge in [0, 0.05) is 34.3 Å². The predicted molar refractivity (Wildman–Crippen MR) is 139 cm³/mol. The molecule has 0 bridgehead atoms. The molecule has 1 heterocycles. The standard InChI is InChI=1S/C29H32ClNO5/c1-6-16(2)36-29(33)26-17(3)31-22-13-20(18-10-11-24(34-4)25(15-18)35-5)14-23(32)28(22)27(26)19-8-7-9-21(30)12-19/h7-12,15-16,20,27,31H,6,13-14H2,1-5H3/t16-,20+,27-/m0/s1. The average molecular weight is 510 g/mol. The topological polar surface area (TPSA) is 73.9 Å². The van der Waals surface area contributed by atoms with Crippen LogP contribution >= 0.6 is 11.6 Å². The molecule has 190 valence electrons. The molecular formula is C29H32ClNO5.